The molecule has 0 rings (SSSR count). The van der Waals surface area contributed by atoms with E-state index in [4.69, 9.17) is 14.2 Å². The number of carbonyl (C=O) groups is 3. The van der Waals surface area contributed by atoms with Crippen LogP contribution in [0.4, 0.5) is 0 Å². The molecule has 0 aromatic rings. The Kier molecular flexibility index (Phi) is 62.3. The quantitative estimate of drug-likeness (QED) is 0.0261. The van der Waals surface area contributed by atoms with E-state index >= 15 is 0 Å². The molecular formula is C73H120O6. The number of carbonyl (C=O) groups excluding carboxylic acids is 3. The lowest BCUT2D eigenvalue weighted by molar-refractivity contribution is -0.167. The smallest absolute Gasteiger partial charge is 0.306 e. The Morgan fingerprint density at radius 2 is 0.494 bits per heavy atom. The highest BCUT2D eigenvalue weighted by Gasteiger charge is 2.19. The van der Waals surface area contributed by atoms with E-state index in [0.29, 0.717) is 19.3 Å². The van der Waals surface area contributed by atoms with Gasteiger partial charge < -0.3 is 14.2 Å². The van der Waals surface area contributed by atoms with Gasteiger partial charge in [-0.15, -0.1) is 0 Å². The van der Waals surface area contributed by atoms with Gasteiger partial charge in [0.05, 0.1) is 0 Å². The minimum absolute atomic E-state index is 0.0833. The largest absolute Gasteiger partial charge is 0.462 e. The lowest BCUT2D eigenvalue weighted by Gasteiger charge is -2.18. The third kappa shape index (κ3) is 64.3. The van der Waals surface area contributed by atoms with E-state index in [1.54, 1.807) is 0 Å². The van der Waals surface area contributed by atoms with E-state index < -0.39 is 6.10 Å². The SMILES string of the molecule is CC/C=C\C/C=C\C/C=C\C/C=C\C/C=C\C/C=C\C/C=C\C/C=C\CCCCCCCCCCCCC(=O)OCC(COC(=O)CCCCCCCCCCC)OC(=O)CCCCCCCCC/C=C\C/C=C\C/C=C\CC. The van der Waals surface area contributed by atoms with E-state index in [2.05, 4.69) is 154 Å². The number of ether oxygens (including phenoxy) is 3. The van der Waals surface area contributed by atoms with Gasteiger partial charge in [-0.3, -0.25) is 14.4 Å². The van der Waals surface area contributed by atoms with Crippen molar-refractivity contribution in [2.75, 3.05) is 13.2 Å². The normalized spacial score (nSPS) is 13.0. The first-order chi connectivity index (χ1) is 39.0. The maximum atomic E-state index is 12.9. The van der Waals surface area contributed by atoms with Gasteiger partial charge in [0.15, 0.2) is 6.10 Å². The van der Waals surface area contributed by atoms with E-state index in [-0.39, 0.29) is 31.1 Å². The Labute approximate surface area is 487 Å². The van der Waals surface area contributed by atoms with Gasteiger partial charge in [0.2, 0.25) is 0 Å². The Hall–Kier alpha value is -4.45. The molecule has 0 N–H and O–H groups in total. The summed E-state index contributed by atoms with van der Waals surface area (Å²) in [7, 11) is 0. The molecule has 6 nitrogen and oxygen atoms in total. The summed E-state index contributed by atoms with van der Waals surface area (Å²) < 4.78 is 16.9. The van der Waals surface area contributed by atoms with Crippen LogP contribution < -0.4 is 0 Å². The van der Waals surface area contributed by atoms with Crippen LogP contribution in [0.3, 0.4) is 0 Å². The predicted molar refractivity (Wildman–Crippen MR) is 343 cm³/mol. The third-order valence-electron chi connectivity index (χ3n) is 13.7. The third-order valence-corrected chi connectivity index (χ3v) is 13.7. The topological polar surface area (TPSA) is 78.9 Å². The average molecular weight is 1090 g/mol. The average Bonchev–Trinajstić information content (AvgIpc) is 3.45. The van der Waals surface area contributed by atoms with E-state index in [1.165, 1.54) is 116 Å². The Morgan fingerprint density at radius 1 is 0.266 bits per heavy atom. The Morgan fingerprint density at radius 3 is 0.772 bits per heavy atom. The van der Waals surface area contributed by atoms with Gasteiger partial charge in [0, 0.05) is 19.3 Å². The summed E-state index contributed by atoms with van der Waals surface area (Å²) in [6.45, 7) is 6.39. The molecule has 0 aromatic heterocycles. The molecule has 0 heterocycles. The van der Waals surface area contributed by atoms with Gasteiger partial charge in [-0.25, -0.2) is 0 Å². The van der Waals surface area contributed by atoms with Crippen LogP contribution in [0.1, 0.15) is 290 Å². The second-order valence-electron chi connectivity index (χ2n) is 21.3. The molecular weight excluding hydrogens is 973 g/mol. The Balaban J connectivity index is 4.17. The summed E-state index contributed by atoms with van der Waals surface area (Å²) in [4.78, 5) is 38.2. The number of rotatable bonds is 58. The van der Waals surface area contributed by atoms with Crippen LogP contribution in [0.15, 0.2) is 134 Å². The van der Waals surface area contributed by atoms with Crippen molar-refractivity contribution in [1.29, 1.82) is 0 Å². The maximum absolute atomic E-state index is 12.9. The Bertz CT molecular complexity index is 1680. The highest BCUT2D eigenvalue weighted by Crippen LogP contribution is 2.16. The second-order valence-corrected chi connectivity index (χ2v) is 21.3. The van der Waals surface area contributed by atoms with Crippen LogP contribution in [0, 0.1) is 0 Å². The van der Waals surface area contributed by atoms with Crippen molar-refractivity contribution in [3.05, 3.63) is 134 Å². The summed E-state index contributed by atoms with van der Waals surface area (Å²) in [5, 5.41) is 0. The van der Waals surface area contributed by atoms with Gasteiger partial charge in [-0.2, -0.15) is 0 Å². The van der Waals surface area contributed by atoms with Crippen molar-refractivity contribution in [2.45, 2.75) is 297 Å². The van der Waals surface area contributed by atoms with Gasteiger partial charge in [-0.1, -0.05) is 289 Å². The molecule has 0 saturated carbocycles. The fourth-order valence-electron chi connectivity index (χ4n) is 8.83. The fourth-order valence-corrected chi connectivity index (χ4v) is 8.83. The number of esters is 3. The molecule has 6 heteroatoms. The zero-order chi connectivity index (χ0) is 57.1. The number of unbranched alkanes of at least 4 members (excludes halogenated alkanes) is 25. The van der Waals surface area contributed by atoms with Crippen molar-refractivity contribution in [3.63, 3.8) is 0 Å². The van der Waals surface area contributed by atoms with Gasteiger partial charge >= 0.3 is 17.9 Å². The van der Waals surface area contributed by atoms with Crippen molar-refractivity contribution >= 4 is 17.9 Å². The van der Waals surface area contributed by atoms with Gasteiger partial charge in [0.1, 0.15) is 13.2 Å². The first-order valence-electron chi connectivity index (χ1n) is 32.7. The maximum Gasteiger partial charge on any atom is 0.306 e. The molecule has 0 bridgehead atoms. The highest BCUT2D eigenvalue weighted by atomic mass is 16.6. The lowest BCUT2D eigenvalue weighted by Crippen LogP contribution is -2.30. The minimum Gasteiger partial charge on any atom is -0.462 e. The van der Waals surface area contributed by atoms with Gasteiger partial charge in [0.25, 0.3) is 0 Å². The predicted octanol–water partition coefficient (Wildman–Crippen LogP) is 22.5. The molecule has 0 amide bonds. The van der Waals surface area contributed by atoms with Crippen molar-refractivity contribution in [3.8, 4) is 0 Å². The van der Waals surface area contributed by atoms with Crippen LogP contribution >= 0.6 is 0 Å². The molecule has 0 saturated heterocycles. The van der Waals surface area contributed by atoms with Crippen molar-refractivity contribution in [2.24, 2.45) is 0 Å². The molecule has 1 atom stereocenters. The van der Waals surface area contributed by atoms with E-state index in [0.717, 1.165) is 135 Å². The molecule has 0 spiro atoms. The first kappa shape index (κ1) is 74.5. The monoisotopic (exact) mass is 1090 g/mol. The number of allylic oxidation sites excluding steroid dienone is 22. The summed E-state index contributed by atoms with van der Waals surface area (Å²) in [6.07, 6.45) is 93.3. The van der Waals surface area contributed by atoms with Crippen LogP contribution in [-0.2, 0) is 28.6 Å². The molecule has 0 aliphatic heterocycles. The number of hydrogen-bond acceptors (Lipinski definition) is 6. The summed E-state index contributed by atoms with van der Waals surface area (Å²) in [6, 6.07) is 0. The fraction of sp³-hybridized carbons (Fsp3) is 0.658. The van der Waals surface area contributed by atoms with Crippen LogP contribution in [-0.4, -0.2) is 37.2 Å². The standard InChI is InChI=1S/C73H120O6/c1-4-7-10-13-16-19-21-23-25-27-28-29-30-31-32-33-34-35-36-37-38-39-40-41-42-43-44-46-47-49-51-54-57-60-63-66-72(75)78-69-70(68-77-71(74)65-62-59-56-53-18-15-12-9-6-3)79-73(76)67-64-61-58-55-52-50-48-45-26-24-22-20-17-14-11-8-5-2/h7-8,10-11,16-17,19-20,23-26,28-29,31-32,34-35,37-38,40-41,70H,4-6,9,12-15,18,21-22,27,30,33,36,39,42-69H2,1-3H3/b10-7-,11-8-,19-16-,20-17-,25-23-,26-24-,29-28-,32-31-,35-34-,38-37-,41-40-. The van der Waals surface area contributed by atoms with Gasteiger partial charge in [-0.05, 0) is 116 Å². The highest BCUT2D eigenvalue weighted by molar-refractivity contribution is 5.71. The summed E-state index contributed by atoms with van der Waals surface area (Å²) >= 11 is 0. The molecule has 0 aliphatic rings. The van der Waals surface area contributed by atoms with E-state index in [1.807, 2.05) is 0 Å². The summed E-state index contributed by atoms with van der Waals surface area (Å²) in [5.74, 6) is -0.898. The van der Waals surface area contributed by atoms with E-state index in [9.17, 15) is 14.4 Å². The molecule has 0 aromatic carbocycles. The second kappa shape index (κ2) is 66.1. The molecule has 79 heavy (non-hydrogen) atoms. The number of hydrogen-bond donors (Lipinski definition) is 0. The molecule has 1 unspecified atom stereocenters. The lowest BCUT2D eigenvalue weighted by atomic mass is 10.1. The first-order valence-corrected chi connectivity index (χ1v) is 32.7. The molecule has 0 fully saturated rings. The van der Waals surface area contributed by atoms with Crippen molar-refractivity contribution in [1.82, 2.24) is 0 Å². The minimum atomic E-state index is -0.786. The molecule has 448 valence electrons. The molecule has 0 radical (unpaired) electrons. The zero-order valence-corrected chi connectivity index (χ0v) is 51.3. The molecule has 0 aliphatic carbocycles. The zero-order valence-electron chi connectivity index (χ0n) is 51.3. The summed E-state index contributed by atoms with van der Waals surface area (Å²) in [5.41, 5.74) is 0. The van der Waals surface area contributed by atoms with Crippen LogP contribution in [0.25, 0.3) is 0 Å². The van der Waals surface area contributed by atoms with Crippen LogP contribution in [0.2, 0.25) is 0 Å². The van der Waals surface area contributed by atoms with Crippen LogP contribution in [0.5, 0.6) is 0 Å². The van der Waals surface area contributed by atoms with Crippen molar-refractivity contribution < 1.29 is 28.6 Å².